The van der Waals surface area contributed by atoms with Crippen LogP contribution in [0, 0.1) is 0 Å². The molecular formula is C14H9ClN2O3S. The van der Waals surface area contributed by atoms with Crippen LogP contribution >= 0.6 is 22.9 Å². The maximum Gasteiger partial charge on any atom is 0.338 e. The molecule has 0 aliphatic heterocycles. The van der Waals surface area contributed by atoms with Gasteiger partial charge in [-0.3, -0.25) is 0 Å². The van der Waals surface area contributed by atoms with Crippen molar-refractivity contribution in [3.05, 3.63) is 58.3 Å². The number of carbonyl (C=O) groups is 1. The average Bonchev–Trinajstić information content (AvgIpc) is 3.16. The molecule has 0 unspecified atom stereocenters. The van der Waals surface area contributed by atoms with E-state index in [4.69, 9.17) is 20.9 Å². The van der Waals surface area contributed by atoms with E-state index in [9.17, 15) is 4.79 Å². The highest BCUT2D eigenvalue weighted by Gasteiger charge is 2.12. The van der Waals surface area contributed by atoms with E-state index in [1.54, 1.807) is 24.3 Å². The normalized spacial score (nSPS) is 10.5. The molecule has 0 spiro atoms. The third-order valence-corrected chi connectivity index (χ3v) is 3.73. The van der Waals surface area contributed by atoms with Gasteiger partial charge in [0.2, 0.25) is 5.82 Å². The van der Waals surface area contributed by atoms with Crippen molar-refractivity contribution in [1.29, 1.82) is 0 Å². The number of esters is 1. The molecule has 0 amide bonds. The molecule has 0 saturated carbocycles. The number of benzene rings is 1. The van der Waals surface area contributed by atoms with Gasteiger partial charge in [-0.2, -0.15) is 4.98 Å². The second-order valence-corrected chi connectivity index (χ2v) is 5.46. The van der Waals surface area contributed by atoms with E-state index >= 15 is 0 Å². The zero-order chi connectivity index (χ0) is 14.7. The predicted molar refractivity (Wildman–Crippen MR) is 78.2 cm³/mol. The lowest BCUT2D eigenvalue weighted by Crippen LogP contribution is -2.05. The lowest BCUT2D eigenvalue weighted by Gasteiger charge is -2.01. The second-order valence-electron chi connectivity index (χ2n) is 4.07. The summed E-state index contributed by atoms with van der Waals surface area (Å²) in [6.07, 6.45) is 0. The Labute approximate surface area is 129 Å². The fourth-order valence-electron chi connectivity index (χ4n) is 1.62. The van der Waals surface area contributed by atoms with Crippen molar-refractivity contribution in [3.8, 4) is 10.7 Å². The summed E-state index contributed by atoms with van der Waals surface area (Å²) in [5.74, 6) is 0.269. The van der Waals surface area contributed by atoms with Crippen LogP contribution in [-0.2, 0) is 11.3 Å². The van der Waals surface area contributed by atoms with Gasteiger partial charge in [0, 0.05) is 5.02 Å². The predicted octanol–water partition coefficient (Wildman–Crippen LogP) is 3.81. The second kappa shape index (κ2) is 6.07. The van der Waals surface area contributed by atoms with E-state index in [0.717, 1.165) is 4.88 Å². The van der Waals surface area contributed by atoms with Gasteiger partial charge in [-0.05, 0) is 35.7 Å². The Morgan fingerprint density at radius 3 is 2.81 bits per heavy atom. The van der Waals surface area contributed by atoms with E-state index in [2.05, 4.69) is 10.1 Å². The van der Waals surface area contributed by atoms with Gasteiger partial charge in [0.05, 0.1) is 10.4 Å². The average molecular weight is 321 g/mol. The summed E-state index contributed by atoms with van der Waals surface area (Å²) in [4.78, 5) is 16.9. The molecule has 0 aliphatic rings. The van der Waals surface area contributed by atoms with Gasteiger partial charge in [0.1, 0.15) is 0 Å². The van der Waals surface area contributed by atoms with Gasteiger partial charge in [0.25, 0.3) is 5.89 Å². The van der Waals surface area contributed by atoms with Crippen LogP contribution in [0.4, 0.5) is 0 Å². The summed E-state index contributed by atoms with van der Waals surface area (Å²) in [6.45, 7) is -0.0696. The Kier molecular flexibility index (Phi) is 3.98. The maximum atomic E-state index is 11.8. The van der Waals surface area contributed by atoms with Crippen molar-refractivity contribution in [2.24, 2.45) is 0 Å². The molecule has 0 radical (unpaired) electrons. The van der Waals surface area contributed by atoms with Gasteiger partial charge in [-0.15, -0.1) is 11.3 Å². The lowest BCUT2D eigenvalue weighted by molar-refractivity contribution is 0.0430. The molecule has 2 aromatic heterocycles. The molecule has 0 bridgehead atoms. The van der Waals surface area contributed by atoms with E-state index in [-0.39, 0.29) is 12.5 Å². The minimum absolute atomic E-state index is 0.0696. The highest BCUT2D eigenvalue weighted by atomic mass is 35.5. The third-order valence-electron chi connectivity index (χ3n) is 2.62. The largest absolute Gasteiger partial charge is 0.452 e. The van der Waals surface area contributed by atoms with Gasteiger partial charge < -0.3 is 9.26 Å². The quantitative estimate of drug-likeness (QED) is 0.684. The number of hydrogen-bond donors (Lipinski definition) is 0. The minimum atomic E-state index is -0.470. The molecule has 7 heteroatoms. The number of carbonyl (C=O) groups excluding carboxylic acids is 1. The lowest BCUT2D eigenvalue weighted by atomic mass is 10.2. The first-order valence-electron chi connectivity index (χ1n) is 6.01. The molecular weight excluding hydrogens is 312 g/mol. The molecule has 0 atom stereocenters. The van der Waals surface area contributed by atoms with E-state index in [1.807, 2.05) is 17.5 Å². The van der Waals surface area contributed by atoms with E-state index in [0.29, 0.717) is 16.4 Å². The molecule has 1 aromatic carbocycles. The van der Waals surface area contributed by atoms with Gasteiger partial charge in [-0.25, -0.2) is 4.79 Å². The van der Waals surface area contributed by atoms with E-state index < -0.39 is 5.97 Å². The zero-order valence-corrected chi connectivity index (χ0v) is 12.2. The molecule has 2 heterocycles. The molecule has 21 heavy (non-hydrogen) atoms. The van der Waals surface area contributed by atoms with E-state index in [1.165, 1.54) is 11.3 Å². The highest BCUT2D eigenvalue weighted by Crippen LogP contribution is 2.21. The molecule has 0 N–H and O–H groups in total. The van der Waals surface area contributed by atoms with Crippen molar-refractivity contribution >= 4 is 28.9 Å². The number of halogens is 1. The van der Waals surface area contributed by atoms with Crippen LogP contribution in [0.3, 0.4) is 0 Å². The summed E-state index contributed by atoms with van der Waals surface area (Å²) >= 11 is 7.26. The molecule has 0 saturated heterocycles. The monoisotopic (exact) mass is 320 g/mol. The van der Waals surface area contributed by atoms with Crippen molar-refractivity contribution in [3.63, 3.8) is 0 Å². The molecule has 3 aromatic rings. The minimum Gasteiger partial charge on any atom is -0.452 e. The summed E-state index contributed by atoms with van der Waals surface area (Å²) in [5.41, 5.74) is 0.414. The Morgan fingerprint density at radius 1 is 1.29 bits per heavy atom. The molecule has 0 fully saturated rings. The van der Waals surface area contributed by atoms with Gasteiger partial charge in [0.15, 0.2) is 6.61 Å². The third kappa shape index (κ3) is 3.29. The van der Waals surface area contributed by atoms with Gasteiger partial charge >= 0.3 is 5.97 Å². The topological polar surface area (TPSA) is 65.2 Å². The van der Waals surface area contributed by atoms with Crippen LogP contribution in [0.25, 0.3) is 10.7 Å². The molecule has 3 rings (SSSR count). The van der Waals surface area contributed by atoms with Crippen LogP contribution < -0.4 is 0 Å². The first-order chi connectivity index (χ1) is 10.2. The van der Waals surface area contributed by atoms with Crippen LogP contribution in [0.2, 0.25) is 5.02 Å². The maximum absolute atomic E-state index is 11.8. The van der Waals surface area contributed by atoms with Crippen molar-refractivity contribution in [2.45, 2.75) is 6.61 Å². The number of thiophene rings is 1. The molecule has 5 nitrogen and oxygen atoms in total. The molecule has 0 aliphatic carbocycles. The molecule has 106 valence electrons. The summed E-state index contributed by atoms with van der Waals surface area (Å²) < 4.78 is 10.2. The standard InChI is InChI=1S/C14H9ClN2O3S/c15-10-5-3-9(4-6-10)14(18)19-8-12-16-13(17-20-12)11-2-1-7-21-11/h1-7H,8H2. The van der Waals surface area contributed by atoms with Crippen LogP contribution in [0.5, 0.6) is 0 Å². The number of hydrogen-bond acceptors (Lipinski definition) is 6. The fraction of sp³-hybridized carbons (Fsp3) is 0.0714. The Hall–Kier alpha value is -2.18. The van der Waals surface area contributed by atoms with Crippen molar-refractivity contribution < 1.29 is 14.1 Å². The highest BCUT2D eigenvalue weighted by molar-refractivity contribution is 7.13. The summed E-state index contributed by atoms with van der Waals surface area (Å²) in [6, 6.07) is 10.2. The van der Waals surface area contributed by atoms with Crippen molar-refractivity contribution in [2.75, 3.05) is 0 Å². The Morgan fingerprint density at radius 2 is 2.10 bits per heavy atom. The number of nitrogens with zero attached hydrogens (tertiary/aromatic N) is 2. The zero-order valence-electron chi connectivity index (χ0n) is 10.7. The number of ether oxygens (including phenoxy) is 1. The summed E-state index contributed by atoms with van der Waals surface area (Å²) in [5, 5.41) is 6.32. The fourth-order valence-corrected chi connectivity index (χ4v) is 2.39. The van der Waals surface area contributed by atoms with Crippen molar-refractivity contribution in [1.82, 2.24) is 10.1 Å². The Balaban J connectivity index is 1.62. The SMILES string of the molecule is O=C(OCc1nc(-c2cccs2)no1)c1ccc(Cl)cc1. The summed E-state index contributed by atoms with van der Waals surface area (Å²) in [7, 11) is 0. The van der Waals surface area contributed by atoms with Crippen LogP contribution in [0.1, 0.15) is 16.2 Å². The first-order valence-corrected chi connectivity index (χ1v) is 7.27. The van der Waals surface area contributed by atoms with Crippen LogP contribution in [0.15, 0.2) is 46.3 Å². The van der Waals surface area contributed by atoms with Gasteiger partial charge in [-0.1, -0.05) is 22.8 Å². The van der Waals surface area contributed by atoms with Crippen LogP contribution in [-0.4, -0.2) is 16.1 Å². The smallest absolute Gasteiger partial charge is 0.338 e. The number of rotatable bonds is 4. The first kappa shape index (κ1) is 13.8. The Bertz CT molecular complexity index is 738. The number of aromatic nitrogens is 2.